The molecule has 0 saturated carbocycles. The summed E-state index contributed by atoms with van der Waals surface area (Å²) in [6.07, 6.45) is 0.0314. The number of hydrogen-bond acceptors (Lipinski definition) is 4. The Morgan fingerprint density at radius 2 is 1.58 bits per heavy atom. The molecule has 1 aliphatic rings. The van der Waals surface area contributed by atoms with Crippen LogP contribution >= 0.6 is 0 Å². The number of para-hydroxylation sites is 1. The van der Waals surface area contributed by atoms with Gasteiger partial charge >= 0.3 is 0 Å². The number of anilines is 1. The molecule has 0 radical (unpaired) electrons. The fourth-order valence-electron chi connectivity index (χ4n) is 2.99. The van der Waals surface area contributed by atoms with Gasteiger partial charge in [-0.15, -0.1) is 0 Å². The maximum Gasteiger partial charge on any atom is 0.243 e. The predicted octanol–water partition coefficient (Wildman–Crippen LogP) is 3.12. The van der Waals surface area contributed by atoms with Crippen molar-refractivity contribution >= 4 is 15.7 Å². The highest BCUT2D eigenvalue weighted by molar-refractivity contribution is 7.89. The molecule has 0 aromatic heterocycles. The van der Waals surface area contributed by atoms with Crippen molar-refractivity contribution in [2.75, 3.05) is 31.1 Å². The molecule has 0 aliphatic carbocycles. The molecule has 1 saturated heterocycles. The first-order chi connectivity index (χ1) is 12.4. The minimum atomic E-state index is -3.57. The summed E-state index contributed by atoms with van der Waals surface area (Å²) in [5.74, 6) is 0.355. The molecule has 1 fully saturated rings. The highest BCUT2D eigenvalue weighted by atomic mass is 32.2. The van der Waals surface area contributed by atoms with Crippen molar-refractivity contribution in [3.05, 3.63) is 54.3 Å². The first-order valence-corrected chi connectivity index (χ1v) is 10.1. The molecule has 0 unspecified atom stereocenters. The Bertz CT molecular complexity index is 845. The third-order valence-corrected chi connectivity index (χ3v) is 6.18. The van der Waals surface area contributed by atoms with Gasteiger partial charge in [0.15, 0.2) is 0 Å². The van der Waals surface area contributed by atoms with Crippen LogP contribution in [0, 0.1) is 5.82 Å². The molecule has 0 N–H and O–H groups in total. The minimum absolute atomic E-state index is 0.0314. The van der Waals surface area contributed by atoms with Gasteiger partial charge in [0.25, 0.3) is 0 Å². The third-order valence-electron chi connectivity index (χ3n) is 4.27. The number of sulfonamides is 1. The van der Waals surface area contributed by atoms with Crippen LogP contribution in [0.15, 0.2) is 53.4 Å². The zero-order valence-electron chi connectivity index (χ0n) is 14.9. The van der Waals surface area contributed by atoms with Crippen molar-refractivity contribution in [2.24, 2.45) is 0 Å². The van der Waals surface area contributed by atoms with Gasteiger partial charge in [-0.2, -0.15) is 4.31 Å². The summed E-state index contributed by atoms with van der Waals surface area (Å²) in [5, 5.41) is 0. The fraction of sp³-hybridized carbons (Fsp3) is 0.368. The maximum absolute atomic E-state index is 13.9. The van der Waals surface area contributed by atoms with Gasteiger partial charge in [-0.3, -0.25) is 0 Å². The van der Waals surface area contributed by atoms with Crippen molar-refractivity contribution in [2.45, 2.75) is 24.8 Å². The molecule has 1 heterocycles. The Morgan fingerprint density at radius 3 is 2.15 bits per heavy atom. The molecule has 2 aromatic rings. The van der Waals surface area contributed by atoms with Crippen LogP contribution in [0.1, 0.15) is 13.8 Å². The van der Waals surface area contributed by atoms with E-state index in [2.05, 4.69) is 0 Å². The summed E-state index contributed by atoms with van der Waals surface area (Å²) < 4.78 is 46.6. The molecule has 1 aliphatic heterocycles. The van der Waals surface area contributed by atoms with E-state index in [1.54, 1.807) is 42.5 Å². The molecule has 5 nitrogen and oxygen atoms in total. The van der Waals surface area contributed by atoms with Gasteiger partial charge in [0.05, 0.1) is 16.7 Å². The van der Waals surface area contributed by atoms with Crippen molar-refractivity contribution in [3.63, 3.8) is 0 Å². The second kappa shape index (κ2) is 7.63. The molecule has 3 rings (SSSR count). The summed E-state index contributed by atoms with van der Waals surface area (Å²) in [7, 11) is -3.57. The van der Waals surface area contributed by atoms with E-state index in [0.717, 1.165) is 0 Å². The standard InChI is InChI=1S/C19H23FN2O3S/c1-15(2)25-16-7-9-17(10-8-16)26(23,24)22-13-11-21(12-14-22)19-6-4-3-5-18(19)20/h3-10,15H,11-14H2,1-2H3. The van der Waals surface area contributed by atoms with Crippen molar-refractivity contribution in [3.8, 4) is 5.75 Å². The van der Waals surface area contributed by atoms with E-state index in [-0.39, 0.29) is 16.8 Å². The molecular formula is C19H23FN2O3S. The quantitative estimate of drug-likeness (QED) is 0.802. The average molecular weight is 378 g/mol. The number of nitrogens with zero attached hydrogens (tertiary/aromatic N) is 2. The molecule has 0 amide bonds. The lowest BCUT2D eigenvalue weighted by atomic mass is 10.2. The zero-order valence-corrected chi connectivity index (χ0v) is 15.7. The van der Waals surface area contributed by atoms with Crippen LogP contribution in [-0.2, 0) is 10.0 Å². The Hall–Kier alpha value is -2.12. The van der Waals surface area contributed by atoms with Crippen LogP contribution in [0.4, 0.5) is 10.1 Å². The number of halogens is 1. The monoisotopic (exact) mass is 378 g/mol. The van der Waals surface area contributed by atoms with Gasteiger partial charge in [-0.05, 0) is 50.2 Å². The molecule has 0 atom stereocenters. The van der Waals surface area contributed by atoms with Gasteiger partial charge in [0.1, 0.15) is 11.6 Å². The van der Waals surface area contributed by atoms with Crippen molar-refractivity contribution in [1.82, 2.24) is 4.31 Å². The van der Waals surface area contributed by atoms with E-state index in [4.69, 9.17) is 4.74 Å². The predicted molar refractivity (Wildman–Crippen MR) is 99.6 cm³/mol. The lowest BCUT2D eigenvalue weighted by Gasteiger charge is -2.35. The molecule has 2 aromatic carbocycles. The normalized spacial score (nSPS) is 16.1. The second-order valence-electron chi connectivity index (χ2n) is 6.48. The van der Waals surface area contributed by atoms with Crippen LogP contribution < -0.4 is 9.64 Å². The number of benzene rings is 2. The molecule has 26 heavy (non-hydrogen) atoms. The summed E-state index contributed by atoms with van der Waals surface area (Å²) in [4.78, 5) is 2.12. The zero-order chi connectivity index (χ0) is 18.7. The molecule has 0 bridgehead atoms. The molecule has 0 spiro atoms. The van der Waals surface area contributed by atoms with E-state index >= 15 is 0 Å². The summed E-state index contributed by atoms with van der Waals surface area (Å²) in [6.45, 7) is 5.38. The third kappa shape index (κ3) is 3.99. The Labute approximate surface area is 154 Å². The average Bonchev–Trinajstić information content (AvgIpc) is 2.62. The van der Waals surface area contributed by atoms with Gasteiger partial charge in [-0.25, -0.2) is 12.8 Å². The minimum Gasteiger partial charge on any atom is -0.491 e. The van der Waals surface area contributed by atoms with Crippen molar-refractivity contribution < 1.29 is 17.5 Å². The van der Waals surface area contributed by atoms with Crippen LogP contribution in [0.3, 0.4) is 0 Å². The van der Waals surface area contributed by atoms with E-state index < -0.39 is 10.0 Å². The molecule has 140 valence electrons. The first kappa shape index (κ1) is 18.7. The topological polar surface area (TPSA) is 49.9 Å². The first-order valence-electron chi connectivity index (χ1n) is 8.64. The Morgan fingerprint density at radius 1 is 0.962 bits per heavy atom. The van der Waals surface area contributed by atoms with Gasteiger partial charge in [0.2, 0.25) is 10.0 Å². The summed E-state index contributed by atoms with van der Waals surface area (Å²) in [6, 6.07) is 13.0. The van der Waals surface area contributed by atoms with Crippen molar-refractivity contribution in [1.29, 1.82) is 0 Å². The largest absolute Gasteiger partial charge is 0.491 e. The molecule has 7 heteroatoms. The number of piperazine rings is 1. The number of rotatable bonds is 5. The van der Waals surface area contributed by atoms with Crippen LogP contribution in [-0.4, -0.2) is 45.0 Å². The number of ether oxygens (including phenoxy) is 1. The summed E-state index contributed by atoms with van der Waals surface area (Å²) in [5.41, 5.74) is 0.514. The van der Waals surface area contributed by atoms with E-state index in [1.165, 1.54) is 10.4 Å². The lowest BCUT2D eigenvalue weighted by Crippen LogP contribution is -2.48. The van der Waals surface area contributed by atoms with Gasteiger partial charge < -0.3 is 9.64 Å². The Balaban J connectivity index is 1.69. The van der Waals surface area contributed by atoms with Crippen LogP contribution in [0.2, 0.25) is 0 Å². The maximum atomic E-state index is 13.9. The second-order valence-corrected chi connectivity index (χ2v) is 8.42. The highest BCUT2D eigenvalue weighted by Crippen LogP contribution is 2.24. The van der Waals surface area contributed by atoms with E-state index in [1.807, 2.05) is 18.7 Å². The van der Waals surface area contributed by atoms with E-state index in [9.17, 15) is 12.8 Å². The fourth-order valence-corrected chi connectivity index (χ4v) is 4.41. The Kier molecular flexibility index (Phi) is 5.48. The van der Waals surface area contributed by atoms with Crippen LogP contribution in [0.5, 0.6) is 5.75 Å². The van der Waals surface area contributed by atoms with Gasteiger partial charge in [-0.1, -0.05) is 12.1 Å². The van der Waals surface area contributed by atoms with Crippen LogP contribution in [0.25, 0.3) is 0 Å². The lowest BCUT2D eigenvalue weighted by molar-refractivity contribution is 0.242. The highest BCUT2D eigenvalue weighted by Gasteiger charge is 2.29. The van der Waals surface area contributed by atoms with E-state index in [0.29, 0.717) is 37.6 Å². The SMILES string of the molecule is CC(C)Oc1ccc(S(=O)(=O)N2CCN(c3ccccc3F)CC2)cc1. The number of hydrogen-bond donors (Lipinski definition) is 0. The smallest absolute Gasteiger partial charge is 0.243 e. The molecular weight excluding hydrogens is 355 g/mol. The van der Waals surface area contributed by atoms with Gasteiger partial charge in [0, 0.05) is 26.2 Å². The summed E-state index contributed by atoms with van der Waals surface area (Å²) >= 11 is 0.